The van der Waals surface area contributed by atoms with Crippen molar-refractivity contribution in [1.29, 1.82) is 0 Å². The Morgan fingerprint density at radius 2 is 2.13 bits per heavy atom. The van der Waals surface area contributed by atoms with Crippen LogP contribution < -0.4 is 10.1 Å². The number of thiol groups is 1. The van der Waals surface area contributed by atoms with Gasteiger partial charge in [0.1, 0.15) is 12.4 Å². The minimum Gasteiger partial charge on any atom is -0.492 e. The third-order valence-corrected chi connectivity index (χ3v) is 2.43. The van der Waals surface area contributed by atoms with E-state index in [0.29, 0.717) is 6.61 Å². The molecule has 84 valence electrons. The van der Waals surface area contributed by atoms with Gasteiger partial charge >= 0.3 is 0 Å². The number of rotatable bonds is 5. The van der Waals surface area contributed by atoms with Crippen LogP contribution in [0.3, 0.4) is 0 Å². The average molecular weight is 226 g/mol. The summed E-state index contributed by atoms with van der Waals surface area (Å²) in [5, 5.41) is 3.07. The molecule has 0 atom stereocenters. The first-order valence-corrected chi connectivity index (χ1v) is 5.36. The maximum absolute atomic E-state index is 5.60. The van der Waals surface area contributed by atoms with Gasteiger partial charge in [0.05, 0.1) is 5.69 Å². The summed E-state index contributed by atoms with van der Waals surface area (Å²) in [7, 11) is 5.93. The summed E-state index contributed by atoms with van der Waals surface area (Å²) >= 11 is 4.32. The van der Waals surface area contributed by atoms with Crippen LogP contribution in [0.1, 0.15) is 0 Å². The SMILES string of the molecule is CNc1cc(OCCN(C)C)ccc1S. The lowest BCUT2D eigenvalue weighted by Crippen LogP contribution is -2.19. The molecule has 1 aromatic carbocycles. The first-order chi connectivity index (χ1) is 7.13. The first kappa shape index (κ1) is 12.2. The zero-order valence-electron chi connectivity index (χ0n) is 9.45. The summed E-state index contributed by atoms with van der Waals surface area (Å²) in [5.41, 5.74) is 0.987. The molecule has 0 unspecified atom stereocenters. The second-order valence-corrected chi connectivity index (χ2v) is 4.06. The van der Waals surface area contributed by atoms with Gasteiger partial charge in [0, 0.05) is 24.6 Å². The monoisotopic (exact) mass is 226 g/mol. The van der Waals surface area contributed by atoms with E-state index in [0.717, 1.165) is 22.9 Å². The Kier molecular flexibility index (Phi) is 4.78. The summed E-state index contributed by atoms with van der Waals surface area (Å²) in [4.78, 5) is 3.02. The molecule has 0 aliphatic rings. The second kappa shape index (κ2) is 5.88. The summed E-state index contributed by atoms with van der Waals surface area (Å²) in [6.07, 6.45) is 0. The highest BCUT2D eigenvalue weighted by atomic mass is 32.1. The molecule has 0 aliphatic heterocycles. The van der Waals surface area contributed by atoms with Crippen LogP contribution in [0.5, 0.6) is 5.75 Å². The number of anilines is 1. The second-order valence-electron chi connectivity index (χ2n) is 3.58. The van der Waals surface area contributed by atoms with Crippen molar-refractivity contribution in [2.24, 2.45) is 0 Å². The maximum atomic E-state index is 5.60. The van der Waals surface area contributed by atoms with Gasteiger partial charge in [0.15, 0.2) is 0 Å². The Bertz CT molecular complexity index is 315. The van der Waals surface area contributed by atoms with Crippen molar-refractivity contribution in [3.05, 3.63) is 18.2 Å². The Morgan fingerprint density at radius 1 is 1.40 bits per heavy atom. The Labute approximate surface area is 96.8 Å². The van der Waals surface area contributed by atoms with Gasteiger partial charge < -0.3 is 15.0 Å². The van der Waals surface area contributed by atoms with Crippen LogP contribution >= 0.6 is 12.6 Å². The van der Waals surface area contributed by atoms with Crippen molar-refractivity contribution < 1.29 is 4.74 Å². The quantitative estimate of drug-likeness (QED) is 0.751. The first-order valence-electron chi connectivity index (χ1n) is 4.92. The molecule has 0 saturated heterocycles. The molecule has 3 nitrogen and oxygen atoms in total. The van der Waals surface area contributed by atoms with E-state index in [1.54, 1.807) is 0 Å². The number of likely N-dealkylation sites (N-methyl/N-ethyl adjacent to an activating group) is 1. The zero-order valence-corrected chi connectivity index (χ0v) is 10.3. The molecule has 0 bridgehead atoms. The van der Waals surface area contributed by atoms with Crippen molar-refractivity contribution in [1.82, 2.24) is 4.90 Å². The van der Waals surface area contributed by atoms with E-state index >= 15 is 0 Å². The smallest absolute Gasteiger partial charge is 0.121 e. The van der Waals surface area contributed by atoms with Crippen LogP contribution in [0.25, 0.3) is 0 Å². The van der Waals surface area contributed by atoms with Crippen molar-refractivity contribution in [3.63, 3.8) is 0 Å². The molecule has 0 amide bonds. The normalized spacial score (nSPS) is 10.5. The molecule has 4 heteroatoms. The number of ether oxygens (including phenoxy) is 1. The molecule has 0 aliphatic carbocycles. The van der Waals surface area contributed by atoms with Crippen LogP contribution in [-0.2, 0) is 0 Å². The molecule has 1 rings (SSSR count). The van der Waals surface area contributed by atoms with E-state index < -0.39 is 0 Å². The number of nitrogens with one attached hydrogen (secondary N) is 1. The molecule has 0 saturated carbocycles. The van der Waals surface area contributed by atoms with Gasteiger partial charge in [-0.25, -0.2) is 0 Å². The van der Waals surface area contributed by atoms with Crippen LogP contribution in [0.15, 0.2) is 23.1 Å². The van der Waals surface area contributed by atoms with Gasteiger partial charge in [0.2, 0.25) is 0 Å². The summed E-state index contributed by atoms with van der Waals surface area (Å²) in [6, 6.07) is 5.82. The van der Waals surface area contributed by atoms with Crippen LogP contribution in [0.4, 0.5) is 5.69 Å². The Hall–Kier alpha value is -0.870. The predicted octanol–water partition coefficient (Wildman–Crippen LogP) is 1.96. The largest absolute Gasteiger partial charge is 0.492 e. The van der Waals surface area contributed by atoms with Gasteiger partial charge in [-0.05, 0) is 26.2 Å². The van der Waals surface area contributed by atoms with E-state index in [-0.39, 0.29) is 0 Å². The molecule has 15 heavy (non-hydrogen) atoms. The third-order valence-electron chi connectivity index (χ3n) is 2.04. The summed E-state index contributed by atoms with van der Waals surface area (Å²) in [5.74, 6) is 0.874. The third kappa shape index (κ3) is 4.01. The molecule has 0 fully saturated rings. The number of benzene rings is 1. The Balaban J connectivity index is 2.54. The highest BCUT2D eigenvalue weighted by Gasteiger charge is 2.00. The number of nitrogens with zero attached hydrogens (tertiary/aromatic N) is 1. The van der Waals surface area contributed by atoms with E-state index in [9.17, 15) is 0 Å². The minimum atomic E-state index is 0.697. The fourth-order valence-corrected chi connectivity index (χ4v) is 1.40. The van der Waals surface area contributed by atoms with E-state index in [1.165, 1.54) is 0 Å². The lowest BCUT2D eigenvalue weighted by atomic mass is 10.3. The van der Waals surface area contributed by atoms with Gasteiger partial charge in [-0.1, -0.05) is 0 Å². The lowest BCUT2D eigenvalue weighted by molar-refractivity contribution is 0.261. The summed E-state index contributed by atoms with van der Waals surface area (Å²) in [6.45, 7) is 1.61. The standard InChI is InChI=1S/C11H18N2OS/c1-12-10-8-9(4-5-11(10)15)14-7-6-13(2)3/h4-5,8,12,15H,6-7H2,1-3H3. The van der Waals surface area contributed by atoms with E-state index in [2.05, 4.69) is 22.8 Å². The maximum Gasteiger partial charge on any atom is 0.121 e. The van der Waals surface area contributed by atoms with Gasteiger partial charge in [-0.2, -0.15) is 0 Å². The van der Waals surface area contributed by atoms with Crippen LogP contribution in [0.2, 0.25) is 0 Å². The van der Waals surface area contributed by atoms with Crippen molar-refractivity contribution in [2.45, 2.75) is 4.90 Å². The van der Waals surface area contributed by atoms with Crippen LogP contribution in [0, 0.1) is 0 Å². The number of hydrogen-bond donors (Lipinski definition) is 2. The predicted molar refractivity (Wildman–Crippen MR) is 67.3 cm³/mol. The molecular weight excluding hydrogens is 208 g/mol. The molecule has 0 heterocycles. The average Bonchev–Trinajstić information content (AvgIpc) is 2.20. The molecule has 1 N–H and O–H groups in total. The van der Waals surface area contributed by atoms with Crippen LogP contribution in [-0.4, -0.2) is 39.2 Å². The molecular formula is C11H18N2OS. The van der Waals surface area contributed by atoms with Crippen molar-refractivity contribution in [3.8, 4) is 5.75 Å². The topological polar surface area (TPSA) is 24.5 Å². The fourth-order valence-electron chi connectivity index (χ4n) is 1.15. The Morgan fingerprint density at radius 3 is 2.73 bits per heavy atom. The fraction of sp³-hybridized carbons (Fsp3) is 0.455. The molecule has 0 aromatic heterocycles. The zero-order chi connectivity index (χ0) is 11.3. The minimum absolute atomic E-state index is 0.697. The highest BCUT2D eigenvalue weighted by molar-refractivity contribution is 7.80. The number of hydrogen-bond acceptors (Lipinski definition) is 4. The molecule has 1 aromatic rings. The van der Waals surface area contributed by atoms with Gasteiger partial charge in [-0.15, -0.1) is 12.6 Å². The lowest BCUT2D eigenvalue weighted by Gasteiger charge is -2.12. The molecule has 0 radical (unpaired) electrons. The van der Waals surface area contributed by atoms with E-state index in [1.807, 2.05) is 39.3 Å². The van der Waals surface area contributed by atoms with Crippen molar-refractivity contribution in [2.75, 3.05) is 39.6 Å². The van der Waals surface area contributed by atoms with E-state index in [4.69, 9.17) is 4.74 Å². The van der Waals surface area contributed by atoms with Gasteiger partial charge in [0.25, 0.3) is 0 Å². The summed E-state index contributed by atoms with van der Waals surface area (Å²) < 4.78 is 5.60. The van der Waals surface area contributed by atoms with Gasteiger partial charge in [-0.3, -0.25) is 0 Å². The highest BCUT2D eigenvalue weighted by Crippen LogP contribution is 2.24. The molecule has 0 spiro atoms. The van der Waals surface area contributed by atoms with Crippen molar-refractivity contribution >= 4 is 18.3 Å².